The average molecular weight is 312 g/mol. The molecule has 1 amide bonds. The quantitative estimate of drug-likeness (QED) is 0.840. The summed E-state index contributed by atoms with van der Waals surface area (Å²) < 4.78 is 5.51. The van der Waals surface area contributed by atoms with E-state index in [0.29, 0.717) is 19.7 Å². The maximum Gasteiger partial charge on any atom is 0.251 e. The molecule has 2 fully saturated rings. The van der Waals surface area contributed by atoms with E-state index in [0.717, 1.165) is 42.5 Å². The largest absolute Gasteiger partial charge is 0.368 e. The van der Waals surface area contributed by atoms with Crippen LogP contribution in [0.3, 0.4) is 0 Å². The summed E-state index contributed by atoms with van der Waals surface area (Å²) in [5.41, 5.74) is 0. The van der Waals surface area contributed by atoms with Crippen LogP contribution >= 0.6 is 0 Å². The van der Waals surface area contributed by atoms with Gasteiger partial charge in [-0.3, -0.25) is 4.79 Å². The summed E-state index contributed by atoms with van der Waals surface area (Å²) in [7, 11) is 0. The smallest absolute Gasteiger partial charge is 0.251 e. The van der Waals surface area contributed by atoms with Gasteiger partial charge in [-0.1, -0.05) is 24.3 Å². The Bertz CT molecular complexity index is 701. The molecule has 2 saturated heterocycles. The van der Waals surface area contributed by atoms with Gasteiger partial charge in [0.1, 0.15) is 6.10 Å². The number of carbonyl (C=O) groups excluding carboxylic acids is 1. The second kappa shape index (κ2) is 6.12. The molecule has 4 rings (SSSR count). The van der Waals surface area contributed by atoms with Gasteiger partial charge in [0, 0.05) is 43.6 Å². The molecule has 0 N–H and O–H groups in total. The predicted molar refractivity (Wildman–Crippen MR) is 87.3 cm³/mol. The fourth-order valence-corrected chi connectivity index (χ4v) is 3.36. The van der Waals surface area contributed by atoms with Crippen LogP contribution in [0.1, 0.15) is 12.8 Å². The standard InChI is InChI=1S/C17H20N4O2/c22-17(15-6-3-11-23-15)21-9-7-20(8-10-21)16-14-5-2-1-4-13(14)12-18-19-16/h1-2,4-5,12,15H,3,6-11H2. The van der Waals surface area contributed by atoms with Crippen molar-refractivity contribution in [3.63, 3.8) is 0 Å². The molecule has 1 aromatic heterocycles. The SMILES string of the molecule is O=C(C1CCCO1)N1CCN(c2nncc3ccccc23)CC1. The molecule has 120 valence electrons. The number of aromatic nitrogens is 2. The number of fused-ring (bicyclic) bond motifs is 1. The first kappa shape index (κ1) is 14.4. The highest BCUT2D eigenvalue weighted by atomic mass is 16.5. The van der Waals surface area contributed by atoms with E-state index in [1.165, 1.54) is 0 Å². The lowest BCUT2D eigenvalue weighted by atomic mass is 10.1. The molecule has 23 heavy (non-hydrogen) atoms. The van der Waals surface area contributed by atoms with Gasteiger partial charge >= 0.3 is 0 Å². The van der Waals surface area contributed by atoms with Crippen molar-refractivity contribution < 1.29 is 9.53 Å². The number of carbonyl (C=O) groups is 1. The van der Waals surface area contributed by atoms with Crippen LogP contribution in [-0.2, 0) is 9.53 Å². The van der Waals surface area contributed by atoms with Gasteiger partial charge in [0.25, 0.3) is 5.91 Å². The highest BCUT2D eigenvalue weighted by molar-refractivity contribution is 5.91. The Morgan fingerprint density at radius 1 is 1.17 bits per heavy atom. The van der Waals surface area contributed by atoms with Crippen LogP contribution in [0.4, 0.5) is 5.82 Å². The molecule has 2 aliphatic rings. The lowest BCUT2D eigenvalue weighted by molar-refractivity contribution is -0.141. The molecule has 1 aromatic carbocycles. The molecule has 2 aliphatic heterocycles. The Hall–Kier alpha value is -2.21. The van der Waals surface area contributed by atoms with E-state index < -0.39 is 0 Å². The Kier molecular flexibility index (Phi) is 3.83. The number of hydrogen-bond donors (Lipinski definition) is 0. The minimum atomic E-state index is -0.223. The van der Waals surface area contributed by atoms with E-state index >= 15 is 0 Å². The van der Waals surface area contributed by atoms with Crippen molar-refractivity contribution in [2.45, 2.75) is 18.9 Å². The molecule has 1 atom stereocenters. The zero-order valence-electron chi connectivity index (χ0n) is 13.0. The minimum Gasteiger partial charge on any atom is -0.368 e. The Morgan fingerprint density at radius 3 is 2.78 bits per heavy atom. The van der Waals surface area contributed by atoms with Crippen LogP contribution in [-0.4, -0.2) is 59.9 Å². The Labute approximate surface area is 135 Å². The fraction of sp³-hybridized carbons (Fsp3) is 0.471. The van der Waals surface area contributed by atoms with Crippen LogP contribution < -0.4 is 4.90 Å². The van der Waals surface area contributed by atoms with Gasteiger partial charge < -0.3 is 14.5 Å². The lowest BCUT2D eigenvalue weighted by Gasteiger charge is -2.36. The van der Waals surface area contributed by atoms with Gasteiger partial charge in [-0.25, -0.2) is 0 Å². The summed E-state index contributed by atoms with van der Waals surface area (Å²) >= 11 is 0. The van der Waals surface area contributed by atoms with Gasteiger partial charge in [-0.2, -0.15) is 5.10 Å². The average Bonchev–Trinajstić information content (AvgIpc) is 3.15. The van der Waals surface area contributed by atoms with Crippen molar-refractivity contribution in [1.82, 2.24) is 15.1 Å². The number of ether oxygens (including phenoxy) is 1. The van der Waals surface area contributed by atoms with E-state index in [2.05, 4.69) is 21.2 Å². The second-order valence-electron chi connectivity index (χ2n) is 6.07. The maximum atomic E-state index is 12.4. The zero-order chi connectivity index (χ0) is 15.6. The van der Waals surface area contributed by atoms with Gasteiger partial charge in [-0.15, -0.1) is 5.10 Å². The second-order valence-corrected chi connectivity index (χ2v) is 6.07. The van der Waals surface area contributed by atoms with Crippen molar-refractivity contribution in [2.24, 2.45) is 0 Å². The molecule has 1 unspecified atom stereocenters. The molecular weight excluding hydrogens is 292 g/mol. The van der Waals surface area contributed by atoms with Crippen molar-refractivity contribution in [2.75, 3.05) is 37.7 Å². The number of amides is 1. The van der Waals surface area contributed by atoms with E-state index in [9.17, 15) is 4.79 Å². The molecule has 6 nitrogen and oxygen atoms in total. The van der Waals surface area contributed by atoms with E-state index in [1.54, 1.807) is 6.20 Å². The molecule has 0 aliphatic carbocycles. The third kappa shape index (κ3) is 2.74. The molecule has 0 saturated carbocycles. The summed E-state index contributed by atoms with van der Waals surface area (Å²) in [5, 5.41) is 10.6. The number of nitrogens with zero attached hydrogens (tertiary/aromatic N) is 4. The first-order chi connectivity index (χ1) is 11.3. The van der Waals surface area contributed by atoms with Crippen LogP contribution in [0.25, 0.3) is 10.8 Å². The molecule has 2 aromatic rings. The van der Waals surface area contributed by atoms with Crippen LogP contribution in [0.5, 0.6) is 0 Å². The summed E-state index contributed by atoms with van der Waals surface area (Å²) in [6.45, 7) is 3.69. The third-order valence-corrected chi connectivity index (χ3v) is 4.65. The number of anilines is 1. The lowest BCUT2D eigenvalue weighted by Crippen LogP contribution is -2.51. The normalized spacial score (nSPS) is 21.8. The monoisotopic (exact) mass is 312 g/mol. The van der Waals surface area contributed by atoms with Crippen LogP contribution in [0, 0.1) is 0 Å². The van der Waals surface area contributed by atoms with Crippen LogP contribution in [0.2, 0.25) is 0 Å². The molecule has 0 bridgehead atoms. The first-order valence-corrected chi connectivity index (χ1v) is 8.19. The molecule has 3 heterocycles. The maximum absolute atomic E-state index is 12.4. The fourth-order valence-electron chi connectivity index (χ4n) is 3.36. The van der Waals surface area contributed by atoms with Crippen molar-refractivity contribution in [3.05, 3.63) is 30.5 Å². The van der Waals surface area contributed by atoms with Crippen LogP contribution in [0.15, 0.2) is 30.5 Å². The van der Waals surface area contributed by atoms with Crippen molar-refractivity contribution in [1.29, 1.82) is 0 Å². The highest BCUT2D eigenvalue weighted by Gasteiger charge is 2.30. The summed E-state index contributed by atoms with van der Waals surface area (Å²) in [4.78, 5) is 16.5. The van der Waals surface area contributed by atoms with Gasteiger partial charge in [0.2, 0.25) is 0 Å². The summed E-state index contributed by atoms with van der Waals surface area (Å²) in [5.74, 6) is 1.05. The Morgan fingerprint density at radius 2 is 2.00 bits per heavy atom. The number of piperazine rings is 1. The van der Waals surface area contributed by atoms with Gasteiger partial charge in [-0.05, 0) is 12.8 Å². The summed E-state index contributed by atoms with van der Waals surface area (Å²) in [6.07, 6.45) is 3.41. The first-order valence-electron chi connectivity index (χ1n) is 8.19. The van der Waals surface area contributed by atoms with Gasteiger partial charge in [0.05, 0.1) is 6.20 Å². The van der Waals surface area contributed by atoms with Crippen molar-refractivity contribution >= 4 is 22.5 Å². The van der Waals surface area contributed by atoms with Gasteiger partial charge in [0.15, 0.2) is 5.82 Å². The van der Waals surface area contributed by atoms with E-state index in [1.807, 2.05) is 23.1 Å². The third-order valence-electron chi connectivity index (χ3n) is 4.65. The van der Waals surface area contributed by atoms with E-state index in [4.69, 9.17) is 4.74 Å². The molecule has 0 radical (unpaired) electrons. The zero-order valence-corrected chi connectivity index (χ0v) is 13.0. The predicted octanol–water partition coefficient (Wildman–Crippen LogP) is 1.46. The Balaban J connectivity index is 1.47. The topological polar surface area (TPSA) is 58.6 Å². The number of hydrogen-bond acceptors (Lipinski definition) is 5. The molecular formula is C17H20N4O2. The molecule has 6 heteroatoms. The highest BCUT2D eigenvalue weighted by Crippen LogP contribution is 2.24. The van der Waals surface area contributed by atoms with Crippen molar-refractivity contribution in [3.8, 4) is 0 Å². The minimum absolute atomic E-state index is 0.145. The molecule has 0 spiro atoms. The van der Waals surface area contributed by atoms with E-state index in [-0.39, 0.29) is 12.0 Å². The number of rotatable bonds is 2. The number of benzene rings is 1. The summed E-state index contributed by atoms with van der Waals surface area (Å²) in [6, 6.07) is 8.14.